The largest absolute Gasteiger partial charge is 0.552 e. The van der Waals surface area contributed by atoms with Gasteiger partial charge in [0, 0.05) is 6.61 Å². The van der Waals surface area contributed by atoms with Crippen LogP contribution in [0.1, 0.15) is 96.6 Å². The molecule has 4 rings (SSSR count). The standard InChI is InChI=1S/C32H38O3.C4H7O.O.W/c1-30(2,3)19-26(33)27-20(22-15-11-17-24(28(22)34)31(4,5)6)13-10-14-21(27)23-16-12-18-25(29(23)35)32(7,8)9;1-2-4-5-3-1;;/h10-18,34-35H,1-9H3;3H,1-2,4H2;;/q;-1;+1;. The van der Waals surface area contributed by atoms with Gasteiger partial charge in [0.15, 0.2) is 0 Å². The van der Waals surface area contributed by atoms with Crippen molar-refractivity contribution in [1.82, 2.24) is 0 Å². The SMILES string of the molecule is CC(C)(C)[C](=[W]#[O+])C(=O)c1c(-c2cccc(C(C)(C)C)c2O)cccc1-c1cccc(C(C)(C)C)c1O.[CH-]1CCCO1. The van der Waals surface area contributed by atoms with E-state index >= 15 is 0 Å². The van der Waals surface area contributed by atoms with E-state index in [4.69, 9.17) is 4.74 Å². The zero-order chi connectivity index (χ0) is 31.5. The zero-order valence-electron chi connectivity index (χ0n) is 26.4. The Kier molecular flexibility index (Phi) is 10.8. The van der Waals surface area contributed by atoms with E-state index in [0.29, 0.717) is 31.7 Å². The first-order valence-electron chi connectivity index (χ1n) is 14.4. The molecule has 3 aromatic rings. The maximum absolute atomic E-state index is 14.2. The van der Waals surface area contributed by atoms with Crippen molar-refractivity contribution in [3.05, 3.63) is 77.9 Å². The molecule has 1 fully saturated rings. The van der Waals surface area contributed by atoms with E-state index in [-0.39, 0.29) is 28.1 Å². The van der Waals surface area contributed by atoms with Crippen LogP contribution >= 0.6 is 0 Å². The van der Waals surface area contributed by atoms with Crippen molar-refractivity contribution >= 4 is 9.68 Å². The number of aromatic hydroxyl groups is 2. The molecule has 42 heavy (non-hydrogen) atoms. The van der Waals surface area contributed by atoms with Gasteiger partial charge in [-0.2, -0.15) is 6.42 Å². The summed E-state index contributed by atoms with van der Waals surface area (Å²) in [5.41, 5.74) is 2.88. The Morgan fingerprint density at radius 1 is 0.762 bits per heavy atom. The molecule has 0 amide bonds. The molecule has 1 saturated heterocycles. The fourth-order valence-corrected chi connectivity index (χ4v) is 6.55. The Morgan fingerprint density at radius 3 is 1.50 bits per heavy atom. The van der Waals surface area contributed by atoms with Crippen LogP contribution in [-0.2, 0) is 36.7 Å². The number of rotatable bonds is 4. The second-order valence-corrected chi connectivity index (χ2v) is 15.9. The summed E-state index contributed by atoms with van der Waals surface area (Å²) in [6, 6.07) is 16.6. The Labute approximate surface area is 259 Å². The molecule has 6 heteroatoms. The van der Waals surface area contributed by atoms with Crippen LogP contribution in [0, 0.1) is 12.0 Å². The van der Waals surface area contributed by atoms with Gasteiger partial charge in [0.25, 0.3) is 0 Å². The summed E-state index contributed by atoms with van der Waals surface area (Å²) in [4.78, 5) is 14.2. The minimum absolute atomic E-state index is 0.119. The van der Waals surface area contributed by atoms with Crippen molar-refractivity contribution in [3.8, 4) is 33.8 Å². The summed E-state index contributed by atoms with van der Waals surface area (Å²) in [6.45, 7) is 20.7. The number of carbonyl (C=O) groups excluding carboxylic acids is 1. The van der Waals surface area contributed by atoms with Crippen molar-refractivity contribution in [3.63, 3.8) is 0 Å². The van der Waals surface area contributed by atoms with Crippen LogP contribution in [0.25, 0.3) is 22.3 Å². The Morgan fingerprint density at radius 2 is 1.19 bits per heavy atom. The van der Waals surface area contributed by atoms with Crippen LogP contribution in [0.2, 0.25) is 0 Å². The molecule has 1 aliphatic heterocycles. The van der Waals surface area contributed by atoms with Crippen molar-refractivity contribution in [2.75, 3.05) is 6.61 Å². The summed E-state index contributed by atoms with van der Waals surface area (Å²) in [5, 5.41) is 22.8. The van der Waals surface area contributed by atoms with Gasteiger partial charge in [-0.05, 0) is 0 Å². The van der Waals surface area contributed by atoms with E-state index in [1.54, 1.807) is 12.1 Å². The third kappa shape index (κ3) is 7.67. The van der Waals surface area contributed by atoms with Crippen LogP contribution in [0.15, 0.2) is 54.6 Å². The normalized spacial score (nSPS) is 13.6. The molecule has 5 nitrogen and oxygen atoms in total. The number of carbonyl (C=O) groups is 1. The first-order valence-corrected chi connectivity index (χ1v) is 17.1. The molecule has 1 aliphatic rings. The van der Waals surface area contributed by atoms with Crippen LogP contribution in [0.4, 0.5) is 0 Å². The fraction of sp³-hybridized carbons (Fsp3) is 0.417. The number of phenolic OH excluding ortho intramolecular Hbond substituents is 2. The number of phenols is 2. The molecule has 225 valence electrons. The number of ether oxygens (including phenoxy) is 1. The van der Waals surface area contributed by atoms with Gasteiger partial charge in [-0.3, -0.25) is 0 Å². The predicted molar refractivity (Wildman–Crippen MR) is 167 cm³/mol. The van der Waals surface area contributed by atoms with E-state index in [1.165, 1.54) is 6.42 Å². The molecular formula is C36H45O5W. The van der Waals surface area contributed by atoms with E-state index in [0.717, 1.165) is 24.2 Å². The fourth-order valence-electron chi connectivity index (χ4n) is 5.01. The van der Waals surface area contributed by atoms with Crippen LogP contribution in [-0.4, -0.2) is 26.5 Å². The molecule has 0 radical (unpaired) electrons. The van der Waals surface area contributed by atoms with Gasteiger partial charge >= 0.3 is 229 Å². The number of para-hydroxylation sites is 2. The molecule has 0 saturated carbocycles. The van der Waals surface area contributed by atoms with Crippen LogP contribution in [0.3, 0.4) is 0 Å². The smallest absolute Gasteiger partial charge is 0.00878 e. The molecule has 3 aromatic carbocycles. The monoisotopic (exact) mass is 741 g/mol. The molecule has 0 aliphatic carbocycles. The van der Waals surface area contributed by atoms with Crippen molar-refractivity contribution in [2.45, 2.75) is 86.0 Å². The maximum atomic E-state index is 14.2. The molecule has 0 bridgehead atoms. The number of Topliss-reactive ketones (excluding diaryl/α,β-unsaturated/α-hetero) is 1. The molecule has 0 aromatic heterocycles. The Balaban J connectivity index is 0.000000873. The number of ketones is 1. The second kappa shape index (κ2) is 13.4. The van der Waals surface area contributed by atoms with Gasteiger partial charge in [-0.25, -0.2) is 6.61 Å². The third-order valence-electron chi connectivity index (χ3n) is 7.23. The average Bonchev–Trinajstić information content (AvgIpc) is 3.47. The number of hydrogen-bond acceptors (Lipinski definition) is 4. The van der Waals surface area contributed by atoms with Gasteiger partial charge in [0.05, 0.1) is 0 Å². The van der Waals surface area contributed by atoms with Gasteiger partial charge in [-0.15, -0.1) is 0 Å². The molecule has 2 N–H and O–H groups in total. The minimum Gasteiger partial charge on any atom is -0.552 e. The minimum atomic E-state index is -2.33. The topological polar surface area (TPSA) is 86.7 Å². The van der Waals surface area contributed by atoms with Crippen molar-refractivity contribution < 1.29 is 40.9 Å². The van der Waals surface area contributed by atoms with Gasteiger partial charge in [0.2, 0.25) is 0 Å². The summed E-state index contributed by atoms with van der Waals surface area (Å²) in [5.74, 6) is -0.0554. The molecule has 0 spiro atoms. The second-order valence-electron chi connectivity index (χ2n) is 13.8. The van der Waals surface area contributed by atoms with E-state index < -0.39 is 23.3 Å². The molecule has 0 unspecified atom stereocenters. The first kappa shape index (κ1) is 33.9. The third-order valence-corrected chi connectivity index (χ3v) is 10.7. The predicted octanol–water partition coefficient (Wildman–Crippen LogP) is 8.81. The van der Waals surface area contributed by atoms with Crippen LogP contribution in [0.5, 0.6) is 11.5 Å². The maximum Gasteiger partial charge on any atom is 0.00878 e. The van der Waals surface area contributed by atoms with Crippen LogP contribution < -0.4 is 0 Å². The molecule has 1 heterocycles. The van der Waals surface area contributed by atoms with E-state index in [9.17, 15) is 18.2 Å². The van der Waals surface area contributed by atoms with E-state index in [1.807, 2.05) is 111 Å². The molecular weight excluding hydrogens is 696 g/mol. The van der Waals surface area contributed by atoms with Crippen molar-refractivity contribution in [2.24, 2.45) is 5.41 Å². The quantitative estimate of drug-likeness (QED) is 0.159. The number of hydrogen-bond donors (Lipinski definition) is 2. The van der Waals surface area contributed by atoms with Gasteiger partial charge in [0.1, 0.15) is 0 Å². The van der Waals surface area contributed by atoms with E-state index in [2.05, 4.69) is 0 Å². The van der Waals surface area contributed by atoms with Gasteiger partial charge < -0.3 is 4.74 Å². The average molecular weight is 742 g/mol. The van der Waals surface area contributed by atoms with Crippen molar-refractivity contribution in [1.29, 1.82) is 0 Å². The number of benzene rings is 3. The zero-order valence-corrected chi connectivity index (χ0v) is 29.4. The summed E-state index contributed by atoms with van der Waals surface area (Å²) >= 11 is -2.33. The Hall–Kier alpha value is -2.59. The van der Waals surface area contributed by atoms with Gasteiger partial charge in [-0.1, -0.05) is 6.42 Å². The summed E-state index contributed by atoms with van der Waals surface area (Å²) in [6.07, 6.45) is 2.38. The molecule has 0 atom stereocenters. The Bertz CT molecular complexity index is 1450. The summed E-state index contributed by atoms with van der Waals surface area (Å²) < 4.78 is 17.7. The first-order chi connectivity index (χ1) is 19.5. The summed E-state index contributed by atoms with van der Waals surface area (Å²) in [7, 11) is 0.